The molecule has 2 aliphatic carbocycles. The third kappa shape index (κ3) is 4.16. The van der Waals surface area contributed by atoms with Crippen LogP contribution in [0.1, 0.15) is 24.3 Å². The van der Waals surface area contributed by atoms with Gasteiger partial charge in [-0.05, 0) is 85.0 Å². The van der Waals surface area contributed by atoms with Gasteiger partial charge in [-0.25, -0.2) is 9.29 Å². The average Bonchev–Trinajstić information content (AvgIpc) is 3.37. The molecule has 3 fully saturated rings. The molecule has 1 N–H and O–H groups in total. The molecule has 13 heteroatoms. The van der Waals surface area contributed by atoms with Crippen molar-refractivity contribution in [2.75, 3.05) is 16.9 Å². The summed E-state index contributed by atoms with van der Waals surface area (Å²) in [6.45, 7) is 0. The number of ether oxygens (including phenoxy) is 1. The standard InChI is InChI=1S/C33H23BrCl3FN2O6/c1-46-24-13-15(12-23(35)27(24)41)26-20-10-11-21-25(29(43)39(28(21)42)18-6-2-16(34)3-7-18)22(20)14-32(36)30(44)40(31(45)33(26,32)37)19-8-4-17(38)5-9-19/h2-10,12-13,21-22,25-26,41H,11,14H2,1H3. The van der Waals surface area contributed by atoms with E-state index in [1.165, 1.54) is 31.4 Å². The summed E-state index contributed by atoms with van der Waals surface area (Å²) in [7, 11) is 1.33. The van der Waals surface area contributed by atoms with Crippen molar-refractivity contribution in [2.24, 2.45) is 17.8 Å². The van der Waals surface area contributed by atoms with E-state index in [0.717, 1.165) is 26.4 Å². The molecule has 7 rings (SSSR count). The van der Waals surface area contributed by atoms with Gasteiger partial charge < -0.3 is 9.84 Å². The van der Waals surface area contributed by atoms with E-state index in [1.54, 1.807) is 30.3 Å². The molecule has 0 bridgehead atoms. The molecule has 2 aliphatic heterocycles. The molecule has 3 aromatic carbocycles. The van der Waals surface area contributed by atoms with Gasteiger partial charge in [0.05, 0.1) is 35.3 Å². The summed E-state index contributed by atoms with van der Waals surface area (Å²) in [6.07, 6.45) is 1.72. The Morgan fingerprint density at radius 2 is 1.54 bits per heavy atom. The molecule has 6 unspecified atom stereocenters. The Hall–Kier alpha value is -3.44. The van der Waals surface area contributed by atoms with E-state index >= 15 is 0 Å². The highest BCUT2D eigenvalue weighted by Gasteiger charge is 2.76. The van der Waals surface area contributed by atoms with Gasteiger partial charge in [-0.3, -0.25) is 24.1 Å². The molecule has 0 spiro atoms. The van der Waals surface area contributed by atoms with Crippen molar-refractivity contribution in [1.82, 2.24) is 0 Å². The molecule has 6 atom stereocenters. The maximum atomic E-state index is 14.5. The van der Waals surface area contributed by atoms with Gasteiger partial charge in [0.1, 0.15) is 5.82 Å². The number of hydrogen-bond acceptors (Lipinski definition) is 6. The number of anilines is 2. The maximum Gasteiger partial charge on any atom is 0.258 e. The van der Waals surface area contributed by atoms with Crippen LogP contribution < -0.4 is 14.5 Å². The zero-order valence-electron chi connectivity index (χ0n) is 23.8. The fourth-order valence-electron chi connectivity index (χ4n) is 7.53. The number of nitrogens with zero attached hydrogens (tertiary/aromatic N) is 2. The second-order valence-corrected chi connectivity index (χ2v) is 14.4. The molecule has 0 radical (unpaired) electrons. The summed E-state index contributed by atoms with van der Waals surface area (Å²) in [5, 5.41) is 10.4. The number of phenols is 1. The number of rotatable bonds is 4. The number of hydrogen-bond donors (Lipinski definition) is 1. The van der Waals surface area contributed by atoms with Gasteiger partial charge in [-0.2, -0.15) is 0 Å². The predicted molar refractivity (Wildman–Crippen MR) is 173 cm³/mol. The summed E-state index contributed by atoms with van der Waals surface area (Å²) < 4.78 is 20.0. The van der Waals surface area contributed by atoms with Crippen LogP contribution in [0.5, 0.6) is 11.5 Å². The minimum atomic E-state index is -2.16. The van der Waals surface area contributed by atoms with Crippen LogP contribution in [0.3, 0.4) is 0 Å². The summed E-state index contributed by atoms with van der Waals surface area (Å²) in [6, 6.07) is 14.4. The number of imide groups is 2. The third-order valence-corrected chi connectivity index (χ3v) is 11.8. The molecule has 2 saturated heterocycles. The Balaban J connectivity index is 1.42. The fraction of sp³-hybridized carbons (Fsp3) is 0.273. The van der Waals surface area contributed by atoms with Crippen molar-refractivity contribution in [3.8, 4) is 11.5 Å². The number of carbonyl (C=O) groups is 4. The van der Waals surface area contributed by atoms with Crippen molar-refractivity contribution in [1.29, 1.82) is 0 Å². The van der Waals surface area contributed by atoms with Crippen LogP contribution in [0, 0.1) is 23.6 Å². The zero-order valence-corrected chi connectivity index (χ0v) is 27.7. The largest absolute Gasteiger partial charge is 0.503 e. The number of aromatic hydroxyl groups is 1. The van der Waals surface area contributed by atoms with E-state index < -0.39 is 57.0 Å². The molecule has 4 aliphatic rings. The van der Waals surface area contributed by atoms with Crippen molar-refractivity contribution in [3.63, 3.8) is 0 Å². The maximum absolute atomic E-state index is 14.5. The summed E-state index contributed by atoms with van der Waals surface area (Å²) >= 11 is 24.5. The van der Waals surface area contributed by atoms with Gasteiger partial charge in [0.15, 0.2) is 21.2 Å². The van der Waals surface area contributed by atoms with Crippen LogP contribution in [0.2, 0.25) is 5.02 Å². The second-order valence-electron chi connectivity index (χ2n) is 11.8. The molecule has 2 heterocycles. The highest BCUT2D eigenvalue weighted by atomic mass is 79.9. The number of halogens is 5. The van der Waals surface area contributed by atoms with Crippen molar-refractivity contribution in [3.05, 3.63) is 93.2 Å². The highest BCUT2D eigenvalue weighted by molar-refractivity contribution is 9.10. The number of methoxy groups -OCH3 is 1. The normalized spacial score (nSPS) is 30.3. The van der Waals surface area contributed by atoms with E-state index in [1.807, 2.05) is 0 Å². The number of phenolic OH excluding ortho intramolecular Hbond substituents is 1. The molecule has 8 nitrogen and oxygen atoms in total. The van der Waals surface area contributed by atoms with Crippen LogP contribution in [0.25, 0.3) is 0 Å². The van der Waals surface area contributed by atoms with Gasteiger partial charge >= 0.3 is 0 Å². The van der Waals surface area contributed by atoms with Crippen LogP contribution in [-0.4, -0.2) is 45.6 Å². The summed E-state index contributed by atoms with van der Waals surface area (Å²) in [5.74, 6) is -7.05. The van der Waals surface area contributed by atoms with Gasteiger partial charge in [0, 0.05) is 10.4 Å². The van der Waals surface area contributed by atoms with Crippen molar-refractivity contribution in [2.45, 2.75) is 28.5 Å². The van der Waals surface area contributed by atoms with E-state index in [9.17, 15) is 28.7 Å². The first-order valence-corrected chi connectivity index (χ1v) is 16.2. The summed E-state index contributed by atoms with van der Waals surface area (Å²) in [5.41, 5.74) is 1.31. The van der Waals surface area contributed by atoms with Gasteiger partial charge in [-0.15, -0.1) is 23.2 Å². The zero-order chi connectivity index (χ0) is 32.9. The molecule has 4 amide bonds. The second kappa shape index (κ2) is 10.8. The monoisotopic (exact) mass is 746 g/mol. The van der Waals surface area contributed by atoms with E-state index in [0.29, 0.717) is 16.8 Å². The van der Waals surface area contributed by atoms with Crippen LogP contribution in [-0.2, 0) is 19.2 Å². The number of alkyl halides is 2. The van der Waals surface area contributed by atoms with E-state index in [-0.39, 0.29) is 41.0 Å². The number of allylic oxidation sites excluding steroid dienone is 2. The lowest BCUT2D eigenvalue weighted by atomic mass is 9.56. The lowest BCUT2D eigenvalue weighted by Crippen LogP contribution is -2.60. The van der Waals surface area contributed by atoms with Gasteiger partial charge in [0.25, 0.3) is 11.8 Å². The summed E-state index contributed by atoms with van der Waals surface area (Å²) in [4.78, 5) is 54.5. The minimum absolute atomic E-state index is 0.0138. The molecule has 46 heavy (non-hydrogen) atoms. The Kier molecular flexibility index (Phi) is 7.32. The van der Waals surface area contributed by atoms with Gasteiger partial charge in [0.2, 0.25) is 11.8 Å². The first kappa shape index (κ1) is 31.2. The number of amides is 4. The number of benzene rings is 3. The Morgan fingerprint density at radius 3 is 2.20 bits per heavy atom. The van der Waals surface area contributed by atoms with Crippen molar-refractivity contribution >= 4 is 85.7 Å². The SMILES string of the molecule is COc1cc(C2C3=CCC4C(=O)N(c5ccc(Br)cc5)C(=O)C4C3CC3(Cl)C(=O)N(c4ccc(F)cc4)C(=O)C23Cl)cc(Cl)c1O. The smallest absolute Gasteiger partial charge is 0.258 e. The Labute approximate surface area is 285 Å². The number of fused-ring (bicyclic) bond motifs is 4. The quantitative estimate of drug-likeness (QED) is 0.181. The Bertz CT molecular complexity index is 1890. The van der Waals surface area contributed by atoms with E-state index in [2.05, 4.69) is 15.9 Å². The van der Waals surface area contributed by atoms with Crippen LogP contribution in [0.4, 0.5) is 15.8 Å². The van der Waals surface area contributed by atoms with Crippen molar-refractivity contribution < 1.29 is 33.4 Å². The predicted octanol–water partition coefficient (Wildman–Crippen LogP) is 6.72. The fourth-order valence-corrected chi connectivity index (χ4v) is 8.95. The average molecular weight is 749 g/mol. The molecular weight excluding hydrogens is 726 g/mol. The molecule has 3 aromatic rings. The van der Waals surface area contributed by atoms with Gasteiger partial charge in [-0.1, -0.05) is 39.2 Å². The lowest BCUT2D eigenvalue weighted by Gasteiger charge is -2.50. The molecular formula is C33H23BrCl3FN2O6. The molecule has 236 valence electrons. The third-order valence-electron chi connectivity index (χ3n) is 9.58. The topological polar surface area (TPSA) is 104 Å². The first-order valence-electron chi connectivity index (χ1n) is 14.3. The van der Waals surface area contributed by atoms with Crippen LogP contribution in [0.15, 0.2) is 76.8 Å². The highest BCUT2D eigenvalue weighted by Crippen LogP contribution is 2.66. The van der Waals surface area contributed by atoms with Crippen LogP contribution >= 0.6 is 50.7 Å². The molecule has 1 saturated carbocycles. The minimum Gasteiger partial charge on any atom is -0.503 e. The first-order chi connectivity index (χ1) is 21.8. The lowest BCUT2D eigenvalue weighted by molar-refractivity contribution is -0.125. The van der Waals surface area contributed by atoms with E-state index in [4.69, 9.17) is 39.5 Å². The Morgan fingerprint density at radius 1 is 0.913 bits per heavy atom. The molecule has 0 aromatic heterocycles. The number of carbonyl (C=O) groups excluding carboxylic acids is 4.